The first-order chi connectivity index (χ1) is 16.0. The highest BCUT2D eigenvalue weighted by atomic mass is 35.5. The number of halogens is 1. The molecule has 33 heavy (non-hydrogen) atoms. The maximum Gasteiger partial charge on any atom is 0.329 e. The first kappa shape index (κ1) is 23.8. The summed E-state index contributed by atoms with van der Waals surface area (Å²) in [6, 6.07) is 22.3. The average molecular weight is 466 g/mol. The summed E-state index contributed by atoms with van der Waals surface area (Å²) < 4.78 is 11.2. The second-order valence-corrected chi connectivity index (χ2v) is 7.45. The molecule has 0 spiro atoms. The van der Waals surface area contributed by atoms with Crippen LogP contribution in [0.2, 0.25) is 5.02 Å². The molecule has 0 saturated heterocycles. The molecule has 0 radical (unpaired) electrons. The normalized spacial score (nSPS) is 10.6. The lowest BCUT2D eigenvalue weighted by molar-refractivity contribution is -0.139. The highest BCUT2D eigenvalue weighted by Gasteiger charge is 2.11. The van der Waals surface area contributed by atoms with E-state index in [1.165, 1.54) is 13.3 Å². The molecule has 8 heteroatoms. The summed E-state index contributed by atoms with van der Waals surface area (Å²) in [6.07, 6.45) is 2.05. The topological polar surface area (TPSA) is 89.0 Å². The number of hydrogen-bond acceptors (Lipinski definition) is 5. The lowest BCUT2D eigenvalue weighted by atomic mass is 10.1. The predicted molar refractivity (Wildman–Crippen MR) is 128 cm³/mol. The van der Waals surface area contributed by atoms with Crippen LogP contribution in [0, 0.1) is 0 Å². The minimum atomic E-state index is -0.839. The van der Waals surface area contributed by atoms with Gasteiger partial charge in [0.25, 0.3) is 0 Å². The third-order valence-electron chi connectivity index (χ3n) is 4.62. The number of hydrazone groups is 1. The molecule has 0 fully saturated rings. The Labute approximate surface area is 197 Å². The quantitative estimate of drug-likeness (QED) is 0.286. The zero-order valence-corrected chi connectivity index (χ0v) is 18.8. The molecule has 3 rings (SSSR count). The molecule has 0 heterocycles. The number of hydrogen-bond donors (Lipinski definition) is 2. The Morgan fingerprint density at radius 1 is 0.939 bits per heavy atom. The van der Waals surface area contributed by atoms with Gasteiger partial charge in [-0.25, -0.2) is 5.43 Å². The van der Waals surface area contributed by atoms with Crippen molar-refractivity contribution < 1.29 is 19.1 Å². The Bertz CT molecular complexity index is 1100. The van der Waals surface area contributed by atoms with Crippen LogP contribution < -0.4 is 20.2 Å². The summed E-state index contributed by atoms with van der Waals surface area (Å²) in [4.78, 5) is 23.8. The van der Waals surface area contributed by atoms with Crippen LogP contribution in [0.25, 0.3) is 0 Å². The lowest BCUT2D eigenvalue weighted by Gasteiger charge is -2.11. The van der Waals surface area contributed by atoms with Crippen molar-refractivity contribution in [3.8, 4) is 11.5 Å². The van der Waals surface area contributed by atoms with E-state index in [2.05, 4.69) is 15.8 Å². The highest BCUT2D eigenvalue weighted by molar-refractivity contribution is 6.35. The molecule has 3 aromatic rings. The van der Waals surface area contributed by atoms with Crippen molar-refractivity contribution in [1.82, 2.24) is 10.7 Å². The van der Waals surface area contributed by atoms with Crippen molar-refractivity contribution in [2.75, 3.05) is 13.7 Å². The van der Waals surface area contributed by atoms with Crippen LogP contribution in [0.5, 0.6) is 11.5 Å². The van der Waals surface area contributed by atoms with Gasteiger partial charge >= 0.3 is 11.8 Å². The van der Waals surface area contributed by atoms with E-state index >= 15 is 0 Å². The molecule has 0 saturated carbocycles. The van der Waals surface area contributed by atoms with Gasteiger partial charge in [0.05, 0.1) is 13.3 Å². The van der Waals surface area contributed by atoms with Crippen LogP contribution in [-0.2, 0) is 22.6 Å². The molecule has 0 aliphatic carbocycles. The van der Waals surface area contributed by atoms with Gasteiger partial charge in [-0.05, 0) is 53.4 Å². The molecule has 7 nitrogen and oxygen atoms in total. The number of amides is 2. The molecule has 2 amide bonds. The van der Waals surface area contributed by atoms with Crippen LogP contribution in [0.15, 0.2) is 77.9 Å². The van der Waals surface area contributed by atoms with Crippen molar-refractivity contribution in [3.05, 3.63) is 94.5 Å². The average Bonchev–Trinajstić information content (AvgIpc) is 2.84. The summed E-state index contributed by atoms with van der Waals surface area (Å²) in [5.41, 5.74) is 4.93. The van der Waals surface area contributed by atoms with Gasteiger partial charge in [0.1, 0.15) is 6.61 Å². The number of carbonyl (C=O) groups is 2. The highest BCUT2D eigenvalue weighted by Crippen LogP contribution is 2.28. The van der Waals surface area contributed by atoms with Crippen LogP contribution >= 0.6 is 11.6 Å². The Balaban J connectivity index is 1.47. The van der Waals surface area contributed by atoms with E-state index in [1.54, 1.807) is 30.3 Å². The van der Waals surface area contributed by atoms with E-state index in [0.29, 0.717) is 41.7 Å². The third kappa shape index (κ3) is 7.66. The van der Waals surface area contributed by atoms with Crippen LogP contribution in [-0.4, -0.2) is 31.7 Å². The van der Waals surface area contributed by atoms with Crippen molar-refractivity contribution in [1.29, 1.82) is 0 Å². The summed E-state index contributed by atoms with van der Waals surface area (Å²) >= 11 is 5.90. The number of rotatable bonds is 9. The molecule has 0 aromatic heterocycles. The largest absolute Gasteiger partial charge is 0.493 e. The zero-order chi connectivity index (χ0) is 23.5. The van der Waals surface area contributed by atoms with Crippen LogP contribution in [0.3, 0.4) is 0 Å². The number of benzene rings is 3. The van der Waals surface area contributed by atoms with E-state index < -0.39 is 11.8 Å². The molecule has 0 bridgehead atoms. The summed E-state index contributed by atoms with van der Waals surface area (Å²) in [5.74, 6) is -0.509. The van der Waals surface area contributed by atoms with Gasteiger partial charge < -0.3 is 14.8 Å². The van der Waals surface area contributed by atoms with E-state index in [0.717, 1.165) is 11.1 Å². The summed E-state index contributed by atoms with van der Waals surface area (Å²) in [6.45, 7) is 0.713. The minimum Gasteiger partial charge on any atom is -0.493 e. The first-order valence-corrected chi connectivity index (χ1v) is 10.6. The molecular formula is C25H24ClN3O4. The van der Waals surface area contributed by atoms with Gasteiger partial charge in [-0.15, -0.1) is 0 Å². The molecule has 0 atom stereocenters. The molecule has 0 unspecified atom stereocenters. The molecule has 0 aliphatic rings. The number of ether oxygens (including phenoxy) is 2. The fourth-order valence-electron chi connectivity index (χ4n) is 2.89. The Morgan fingerprint density at radius 2 is 1.70 bits per heavy atom. The minimum absolute atomic E-state index is 0.356. The fourth-order valence-corrected chi connectivity index (χ4v) is 3.01. The Morgan fingerprint density at radius 3 is 2.42 bits per heavy atom. The Kier molecular flexibility index (Phi) is 8.85. The molecular weight excluding hydrogens is 442 g/mol. The number of nitrogens with zero attached hydrogens (tertiary/aromatic N) is 1. The lowest BCUT2D eigenvalue weighted by Crippen LogP contribution is -2.38. The summed E-state index contributed by atoms with van der Waals surface area (Å²) in [7, 11) is 1.53. The monoisotopic (exact) mass is 465 g/mol. The first-order valence-electron chi connectivity index (χ1n) is 10.3. The number of carbonyl (C=O) groups excluding carboxylic acids is 2. The van der Waals surface area contributed by atoms with Crippen LogP contribution in [0.1, 0.15) is 16.7 Å². The van der Waals surface area contributed by atoms with Gasteiger partial charge in [-0.3, -0.25) is 9.59 Å². The third-order valence-corrected chi connectivity index (χ3v) is 4.88. The van der Waals surface area contributed by atoms with Crippen LogP contribution in [0.4, 0.5) is 0 Å². The van der Waals surface area contributed by atoms with E-state index in [-0.39, 0.29) is 0 Å². The molecule has 170 valence electrons. The van der Waals surface area contributed by atoms with Gasteiger partial charge in [0.15, 0.2) is 11.5 Å². The van der Waals surface area contributed by atoms with Crippen molar-refractivity contribution in [2.24, 2.45) is 5.10 Å². The number of methoxy groups -OCH3 is 1. The van der Waals surface area contributed by atoms with Crippen molar-refractivity contribution >= 4 is 29.6 Å². The van der Waals surface area contributed by atoms with Crippen molar-refractivity contribution in [2.45, 2.75) is 13.0 Å². The SMILES string of the molecule is COc1cc(/C=N\NC(=O)C(=O)NCCc2ccccc2)ccc1OCc1ccc(Cl)cc1. The van der Waals surface area contributed by atoms with Gasteiger partial charge in [0.2, 0.25) is 0 Å². The number of nitrogens with one attached hydrogen (secondary N) is 2. The predicted octanol–water partition coefficient (Wildman–Crippen LogP) is 3.74. The zero-order valence-electron chi connectivity index (χ0n) is 18.1. The molecule has 2 N–H and O–H groups in total. The maximum atomic E-state index is 11.9. The van der Waals surface area contributed by atoms with Crippen molar-refractivity contribution in [3.63, 3.8) is 0 Å². The fraction of sp³-hybridized carbons (Fsp3) is 0.160. The standard InChI is InChI=1S/C25H24ClN3O4/c1-32-23-15-20(9-12-22(23)33-17-19-7-10-21(26)11-8-19)16-28-29-25(31)24(30)27-14-13-18-5-3-2-4-6-18/h2-12,15-16H,13-14,17H2,1H3,(H,27,30)(H,29,31)/b28-16-. The second-order valence-electron chi connectivity index (χ2n) is 7.02. The smallest absolute Gasteiger partial charge is 0.329 e. The second kappa shape index (κ2) is 12.3. The maximum absolute atomic E-state index is 11.9. The molecule has 0 aliphatic heterocycles. The van der Waals surface area contributed by atoms with E-state index in [1.807, 2.05) is 42.5 Å². The van der Waals surface area contributed by atoms with E-state index in [9.17, 15) is 9.59 Å². The van der Waals surface area contributed by atoms with Gasteiger partial charge in [-0.1, -0.05) is 54.1 Å². The summed E-state index contributed by atoms with van der Waals surface area (Å²) in [5, 5.41) is 7.07. The van der Waals surface area contributed by atoms with E-state index in [4.69, 9.17) is 21.1 Å². The Hall–Kier alpha value is -3.84. The van der Waals surface area contributed by atoms with Gasteiger partial charge in [-0.2, -0.15) is 5.10 Å². The molecule has 3 aromatic carbocycles. The van der Waals surface area contributed by atoms with Gasteiger partial charge in [0, 0.05) is 11.6 Å².